The van der Waals surface area contributed by atoms with E-state index in [2.05, 4.69) is 62.0 Å². The van der Waals surface area contributed by atoms with Crippen LogP contribution in [0, 0.1) is 0 Å². The molecular formula is C25H33N5O2. The molecule has 1 aliphatic heterocycles. The number of morpholine rings is 1. The topological polar surface area (TPSA) is 73.9 Å². The first-order valence-electron chi connectivity index (χ1n) is 11.3. The Morgan fingerprint density at radius 1 is 1.06 bits per heavy atom. The minimum absolute atomic E-state index is 0.653. The van der Waals surface area contributed by atoms with E-state index in [4.69, 9.17) is 9.47 Å². The summed E-state index contributed by atoms with van der Waals surface area (Å²) < 4.78 is 11.5. The van der Waals surface area contributed by atoms with E-state index in [1.165, 1.54) is 16.5 Å². The molecule has 2 heterocycles. The highest BCUT2D eigenvalue weighted by molar-refractivity contribution is 5.83. The number of guanidine groups is 1. The maximum absolute atomic E-state index is 6.09. The van der Waals surface area contributed by atoms with Crippen LogP contribution in [0.2, 0.25) is 0 Å². The predicted octanol–water partition coefficient (Wildman–Crippen LogP) is 2.79. The van der Waals surface area contributed by atoms with Gasteiger partial charge in [-0.2, -0.15) is 0 Å². The van der Waals surface area contributed by atoms with E-state index in [-0.39, 0.29) is 0 Å². The van der Waals surface area contributed by atoms with Crippen molar-refractivity contribution < 1.29 is 9.47 Å². The van der Waals surface area contributed by atoms with Crippen LogP contribution in [0.4, 0.5) is 0 Å². The van der Waals surface area contributed by atoms with Gasteiger partial charge in [0.15, 0.2) is 5.96 Å². The Bertz CT molecular complexity index is 1010. The Balaban J connectivity index is 1.23. The van der Waals surface area contributed by atoms with Crippen LogP contribution in [-0.2, 0) is 17.7 Å². The number of aliphatic imine (C=N–C) groups is 1. The number of nitrogens with zero attached hydrogens (tertiary/aromatic N) is 2. The molecule has 32 heavy (non-hydrogen) atoms. The molecule has 0 amide bonds. The number of rotatable bonds is 9. The zero-order chi connectivity index (χ0) is 22.0. The number of H-pyrrole nitrogens is 1. The molecule has 1 aromatic heterocycles. The lowest BCUT2D eigenvalue weighted by Crippen LogP contribution is -2.39. The number of para-hydroxylation sites is 2. The molecule has 1 saturated heterocycles. The van der Waals surface area contributed by atoms with Gasteiger partial charge in [-0.05, 0) is 24.1 Å². The zero-order valence-electron chi connectivity index (χ0n) is 18.8. The molecule has 3 N–H and O–H groups in total. The lowest BCUT2D eigenvalue weighted by molar-refractivity contribution is 0.0322. The Labute approximate surface area is 189 Å². The minimum Gasteiger partial charge on any atom is -0.492 e. The normalized spacial score (nSPS) is 15.1. The Morgan fingerprint density at radius 3 is 2.75 bits per heavy atom. The monoisotopic (exact) mass is 435 g/mol. The van der Waals surface area contributed by atoms with Crippen LogP contribution in [0.25, 0.3) is 10.9 Å². The molecule has 0 radical (unpaired) electrons. The first-order chi connectivity index (χ1) is 15.8. The van der Waals surface area contributed by atoms with Gasteiger partial charge in [0, 0.05) is 62.4 Å². The molecule has 4 rings (SSSR count). The van der Waals surface area contributed by atoms with Gasteiger partial charge in [-0.25, -0.2) is 0 Å². The minimum atomic E-state index is 0.653. The molecule has 7 heteroatoms. The van der Waals surface area contributed by atoms with E-state index >= 15 is 0 Å². The van der Waals surface area contributed by atoms with E-state index in [9.17, 15) is 0 Å². The number of aromatic amines is 1. The van der Waals surface area contributed by atoms with Gasteiger partial charge in [0.05, 0.1) is 13.2 Å². The van der Waals surface area contributed by atoms with Crippen molar-refractivity contribution in [3.8, 4) is 5.75 Å². The number of nitrogens with one attached hydrogen (secondary N) is 3. The number of hydrogen-bond acceptors (Lipinski definition) is 4. The number of aromatic nitrogens is 1. The van der Waals surface area contributed by atoms with Gasteiger partial charge in [-0.3, -0.25) is 9.89 Å². The molecule has 0 bridgehead atoms. The lowest BCUT2D eigenvalue weighted by Gasteiger charge is -2.26. The summed E-state index contributed by atoms with van der Waals surface area (Å²) in [6, 6.07) is 16.6. The van der Waals surface area contributed by atoms with Crippen LogP contribution in [0.5, 0.6) is 5.75 Å². The molecule has 3 aromatic rings. The van der Waals surface area contributed by atoms with E-state index < -0.39 is 0 Å². The number of fused-ring (bicyclic) bond motifs is 1. The molecular weight excluding hydrogens is 402 g/mol. The number of hydrogen-bond donors (Lipinski definition) is 3. The molecule has 170 valence electrons. The predicted molar refractivity (Wildman–Crippen MR) is 129 cm³/mol. The summed E-state index contributed by atoms with van der Waals surface area (Å²) in [5.41, 5.74) is 3.60. The maximum atomic E-state index is 6.09. The SMILES string of the molecule is CN=C(NCCc1c[nH]c2ccccc12)NCc1ccccc1OCCN1CCOCC1. The highest BCUT2D eigenvalue weighted by atomic mass is 16.5. The van der Waals surface area contributed by atoms with Crippen LogP contribution in [0.3, 0.4) is 0 Å². The fraction of sp³-hybridized carbons (Fsp3) is 0.400. The first-order valence-corrected chi connectivity index (χ1v) is 11.3. The van der Waals surface area contributed by atoms with E-state index in [0.29, 0.717) is 13.2 Å². The van der Waals surface area contributed by atoms with Crippen LogP contribution in [0.1, 0.15) is 11.1 Å². The largest absolute Gasteiger partial charge is 0.492 e. The van der Waals surface area contributed by atoms with E-state index in [0.717, 1.165) is 63.1 Å². The molecule has 7 nitrogen and oxygen atoms in total. The second-order valence-electron chi connectivity index (χ2n) is 7.87. The van der Waals surface area contributed by atoms with Gasteiger partial charge in [-0.15, -0.1) is 0 Å². The highest BCUT2D eigenvalue weighted by Gasteiger charge is 2.11. The van der Waals surface area contributed by atoms with Crippen molar-refractivity contribution >= 4 is 16.9 Å². The third-order valence-corrected chi connectivity index (χ3v) is 5.77. The highest BCUT2D eigenvalue weighted by Crippen LogP contribution is 2.18. The summed E-state index contributed by atoms with van der Waals surface area (Å²) in [5.74, 6) is 1.70. The molecule has 0 unspecified atom stereocenters. The quantitative estimate of drug-likeness (QED) is 0.356. The smallest absolute Gasteiger partial charge is 0.191 e. The summed E-state index contributed by atoms with van der Waals surface area (Å²) in [4.78, 5) is 10.1. The van der Waals surface area contributed by atoms with Gasteiger partial charge < -0.3 is 25.1 Å². The number of benzene rings is 2. The first kappa shape index (κ1) is 22.2. The van der Waals surface area contributed by atoms with E-state index in [1.54, 1.807) is 7.05 Å². The Hall–Kier alpha value is -3.03. The van der Waals surface area contributed by atoms with Gasteiger partial charge in [-0.1, -0.05) is 36.4 Å². The fourth-order valence-electron chi connectivity index (χ4n) is 3.95. The Morgan fingerprint density at radius 2 is 1.88 bits per heavy atom. The van der Waals surface area contributed by atoms with Crippen LogP contribution in [-0.4, -0.2) is 68.9 Å². The van der Waals surface area contributed by atoms with Gasteiger partial charge in [0.25, 0.3) is 0 Å². The lowest BCUT2D eigenvalue weighted by atomic mass is 10.1. The zero-order valence-corrected chi connectivity index (χ0v) is 18.8. The van der Waals surface area contributed by atoms with Crippen molar-refractivity contribution in [3.63, 3.8) is 0 Å². The van der Waals surface area contributed by atoms with Gasteiger partial charge in [0.1, 0.15) is 12.4 Å². The summed E-state index contributed by atoms with van der Waals surface area (Å²) in [7, 11) is 1.80. The van der Waals surface area contributed by atoms with Crippen molar-refractivity contribution in [3.05, 3.63) is 65.9 Å². The summed E-state index contributed by atoms with van der Waals surface area (Å²) in [6.45, 7) is 6.64. The number of ether oxygens (including phenoxy) is 2. The summed E-state index contributed by atoms with van der Waals surface area (Å²) >= 11 is 0. The molecule has 2 aromatic carbocycles. The van der Waals surface area contributed by atoms with Crippen molar-refractivity contribution in [1.29, 1.82) is 0 Å². The third kappa shape index (κ3) is 6.02. The van der Waals surface area contributed by atoms with Crippen LogP contribution in [0.15, 0.2) is 59.7 Å². The summed E-state index contributed by atoms with van der Waals surface area (Å²) in [6.07, 6.45) is 3.01. The van der Waals surface area contributed by atoms with Crippen molar-refractivity contribution in [2.75, 3.05) is 53.0 Å². The molecule has 0 spiro atoms. The fourth-order valence-corrected chi connectivity index (χ4v) is 3.95. The third-order valence-electron chi connectivity index (χ3n) is 5.77. The molecule has 0 aliphatic carbocycles. The average Bonchev–Trinajstić information content (AvgIpc) is 3.26. The average molecular weight is 436 g/mol. The maximum Gasteiger partial charge on any atom is 0.191 e. The van der Waals surface area contributed by atoms with Crippen molar-refractivity contribution in [2.45, 2.75) is 13.0 Å². The van der Waals surface area contributed by atoms with Crippen LogP contribution < -0.4 is 15.4 Å². The second kappa shape index (κ2) is 11.5. The second-order valence-corrected chi connectivity index (χ2v) is 7.87. The molecule has 1 fully saturated rings. The van der Waals surface area contributed by atoms with Gasteiger partial charge >= 0.3 is 0 Å². The molecule has 1 aliphatic rings. The standard InChI is InChI=1S/C25H33N5O2/c1-26-25(27-11-10-20-18-28-23-8-4-3-7-22(20)23)29-19-21-6-2-5-9-24(21)32-17-14-30-12-15-31-16-13-30/h2-9,18,28H,10-17,19H2,1H3,(H2,26,27,29). The molecule has 0 atom stereocenters. The van der Waals surface area contributed by atoms with Crippen molar-refractivity contribution in [2.24, 2.45) is 4.99 Å². The van der Waals surface area contributed by atoms with Gasteiger partial charge in [0.2, 0.25) is 0 Å². The molecule has 0 saturated carbocycles. The van der Waals surface area contributed by atoms with Crippen molar-refractivity contribution in [1.82, 2.24) is 20.5 Å². The summed E-state index contributed by atoms with van der Waals surface area (Å²) in [5, 5.41) is 8.10. The Kier molecular flexibility index (Phi) is 8.00. The van der Waals surface area contributed by atoms with E-state index in [1.807, 2.05) is 18.2 Å². The van der Waals surface area contributed by atoms with Crippen LogP contribution >= 0.6 is 0 Å².